The van der Waals surface area contributed by atoms with Crippen LogP contribution in [0.3, 0.4) is 0 Å². The molecule has 0 aliphatic carbocycles. The highest BCUT2D eigenvalue weighted by Crippen LogP contribution is 2.37. The number of benzene rings is 2. The summed E-state index contributed by atoms with van der Waals surface area (Å²) in [7, 11) is 1.23. The first-order valence-corrected chi connectivity index (χ1v) is 10.6. The number of aryl methyl sites for hydroxylation is 1. The SMILES string of the molecule is Cc1cc(N2C=C(C(=O)O)[C@H](c3ccc(F)cc3)CC2=O)c(-n2ncc(=O)n(C)c2=O)cc1C(N)=O. The van der Waals surface area contributed by atoms with E-state index in [2.05, 4.69) is 5.10 Å². The molecule has 0 saturated carbocycles. The number of carbonyl (C=O) groups is 3. The maximum atomic E-state index is 13.4. The third-order valence-corrected chi connectivity index (χ3v) is 5.97. The van der Waals surface area contributed by atoms with Crippen LogP contribution in [0.5, 0.6) is 0 Å². The quantitative estimate of drug-likeness (QED) is 0.536. The Morgan fingerprint density at radius 1 is 1.11 bits per heavy atom. The number of carboxylic acid groups (broad SMARTS) is 1. The number of aromatic nitrogens is 3. The van der Waals surface area contributed by atoms with E-state index in [1.54, 1.807) is 6.92 Å². The summed E-state index contributed by atoms with van der Waals surface area (Å²) < 4.78 is 15.0. The van der Waals surface area contributed by atoms with Gasteiger partial charge in [0.1, 0.15) is 12.0 Å². The molecule has 1 aromatic heterocycles. The number of hydrogen-bond donors (Lipinski definition) is 2. The number of nitrogens with zero attached hydrogens (tertiary/aromatic N) is 4. The van der Waals surface area contributed by atoms with Gasteiger partial charge in [0.25, 0.3) is 5.56 Å². The van der Waals surface area contributed by atoms with Gasteiger partial charge in [-0.05, 0) is 42.3 Å². The predicted octanol–water partition coefficient (Wildman–Crippen LogP) is 0.967. The Kier molecular flexibility index (Phi) is 6.10. The number of hydrogen-bond acceptors (Lipinski definition) is 6. The van der Waals surface area contributed by atoms with Gasteiger partial charge in [-0.2, -0.15) is 9.78 Å². The highest BCUT2D eigenvalue weighted by atomic mass is 19.1. The van der Waals surface area contributed by atoms with Crippen molar-refractivity contribution < 1.29 is 23.9 Å². The maximum Gasteiger partial charge on any atom is 0.352 e. The second kappa shape index (κ2) is 9.06. The van der Waals surface area contributed by atoms with E-state index in [-0.39, 0.29) is 28.9 Å². The molecule has 184 valence electrons. The zero-order valence-electron chi connectivity index (χ0n) is 19.1. The summed E-state index contributed by atoms with van der Waals surface area (Å²) in [5.41, 5.74) is 4.59. The Bertz CT molecular complexity index is 1570. The lowest BCUT2D eigenvalue weighted by molar-refractivity contribution is -0.133. The molecule has 3 aromatic rings. The van der Waals surface area contributed by atoms with Crippen LogP contribution in [0.15, 0.2) is 64.0 Å². The number of rotatable bonds is 5. The van der Waals surface area contributed by atoms with Crippen molar-refractivity contribution in [3.8, 4) is 5.69 Å². The van der Waals surface area contributed by atoms with Crippen LogP contribution in [-0.2, 0) is 16.6 Å². The van der Waals surface area contributed by atoms with E-state index in [0.717, 1.165) is 26.5 Å². The number of amides is 2. The number of halogens is 1. The molecular formula is C24H20FN5O6. The van der Waals surface area contributed by atoms with Gasteiger partial charge in [-0.1, -0.05) is 12.1 Å². The van der Waals surface area contributed by atoms with E-state index < -0.39 is 40.8 Å². The molecule has 1 aliphatic heterocycles. The Morgan fingerprint density at radius 3 is 2.39 bits per heavy atom. The molecule has 0 unspecified atom stereocenters. The standard InChI is InChI=1S/C24H20FN5O6/c1-12-7-18(19(8-15(12)22(26)33)30-24(36)28(2)21(32)10-27-30)29-11-17(23(34)35)16(9-20(29)31)13-3-5-14(25)6-4-13/h3-8,10-11,16H,9H2,1-2H3,(H2,26,33)(H,34,35)/t16-/m0/s1. The summed E-state index contributed by atoms with van der Waals surface area (Å²) in [4.78, 5) is 63.1. The molecule has 12 heteroatoms. The molecule has 0 fully saturated rings. The molecule has 3 N–H and O–H groups in total. The third kappa shape index (κ3) is 4.19. The summed E-state index contributed by atoms with van der Waals surface area (Å²) in [6.45, 7) is 1.56. The second-order valence-electron chi connectivity index (χ2n) is 8.22. The Hall–Kier alpha value is -4.87. The van der Waals surface area contributed by atoms with Crippen LogP contribution in [0.4, 0.5) is 10.1 Å². The predicted molar refractivity (Wildman–Crippen MR) is 125 cm³/mol. The van der Waals surface area contributed by atoms with E-state index in [4.69, 9.17) is 5.73 Å². The number of nitrogens with two attached hydrogens (primary N) is 1. The zero-order chi connectivity index (χ0) is 26.3. The highest BCUT2D eigenvalue weighted by molar-refractivity contribution is 6.04. The molecule has 36 heavy (non-hydrogen) atoms. The summed E-state index contributed by atoms with van der Waals surface area (Å²) in [5, 5.41) is 13.7. The van der Waals surface area contributed by atoms with Crippen LogP contribution in [0.25, 0.3) is 5.69 Å². The smallest absolute Gasteiger partial charge is 0.352 e. The van der Waals surface area contributed by atoms with Gasteiger partial charge < -0.3 is 10.8 Å². The molecule has 0 saturated heterocycles. The zero-order valence-corrected chi connectivity index (χ0v) is 19.1. The Labute approximate surface area is 202 Å². The normalized spacial score (nSPS) is 15.5. The summed E-state index contributed by atoms with van der Waals surface area (Å²) in [6, 6.07) is 7.82. The largest absolute Gasteiger partial charge is 0.478 e. The van der Waals surface area contributed by atoms with Crippen molar-refractivity contribution in [2.45, 2.75) is 19.3 Å². The number of primary amides is 1. The van der Waals surface area contributed by atoms with Gasteiger partial charge in [0, 0.05) is 31.1 Å². The van der Waals surface area contributed by atoms with Gasteiger partial charge in [-0.15, -0.1) is 0 Å². The van der Waals surface area contributed by atoms with Crippen molar-refractivity contribution in [1.82, 2.24) is 14.3 Å². The minimum atomic E-state index is -1.30. The molecule has 2 amide bonds. The summed E-state index contributed by atoms with van der Waals surface area (Å²) >= 11 is 0. The summed E-state index contributed by atoms with van der Waals surface area (Å²) in [5.74, 6) is -3.99. The van der Waals surface area contributed by atoms with Crippen molar-refractivity contribution in [3.05, 3.63) is 97.7 Å². The highest BCUT2D eigenvalue weighted by Gasteiger charge is 2.34. The van der Waals surface area contributed by atoms with Gasteiger partial charge >= 0.3 is 11.7 Å². The van der Waals surface area contributed by atoms with Crippen molar-refractivity contribution in [3.63, 3.8) is 0 Å². The first-order valence-electron chi connectivity index (χ1n) is 10.6. The average Bonchev–Trinajstić information content (AvgIpc) is 2.83. The topological polar surface area (TPSA) is 158 Å². The van der Waals surface area contributed by atoms with Gasteiger partial charge in [0.15, 0.2) is 0 Å². The molecule has 2 heterocycles. The van der Waals surface area contributed by atoms with Crippen LogP contribution < -0.4 is 21.9 Å². The maximum absolute atomic E-state index is 13.4. The third-order valence-electron chi connectivity index (χ3n) is 5.97. The molecule has 1 atom stereocenters. The van der Waals surface area contributed by atoms with Gasteiger partial charge in [0.2, 0.25) is 11.8 Å². The van der Waals surface area contributed by atoms with Crippen molar-refractivity contribution in [1.29, 1.82) is 0 Å². The number of carboxylic acids is 1. The summed E-state index contributed by atoms with van der Waals surface area (Å²) in [6.07, 6.45) is 1.74. The molecule has 0 radical (unpaired) electrons. The van der Waals surface area contributed by atoms with E-state index in [1.165, 1.54) is 43.4 Å². The number of carbonyl (C=O) groups excluding carboxylic acids is 2. The monoisotopic (exact) mass is 493 g/mol. The Balaban J connectivity index is 1.96. The van der Waals surface area contributed by atoms with Crippen LogP contribution in [0.2, 0.25) is 0 Å². The van der Waals surface area contributed by atoms with Crippen LogP contribution >= 0.6 is 0 Å². The number of anilines is 1. The van der Waals surface area contributed by atoms with Gasteiger partial charge in [0.05, 0.1) is 16.9 Å². The van der Waals surface area contributed by atoms with Crippen molar-refractivity contribution >= 4 is 23.5 Å². The first kappa shape index (κ1) is 24.3. The van der Waals surface area contributed by atoms with Crippen LogP contribution in [0, 0.1) is 12.7 Å². The number of aliphatic carboxylic acids is 1. The van der Waals surface area contributed by atoms with E-state index in [9.17, 15) is 33.5 Å². The van der Waals surface area contributed by atoms with E-state index in [0.29, 0.717) is 11.1 Å². The fourth-order valence-electron chi connectivity index (χ4n) is 4.04. The molecule has 1 aliphatic rings. The van der Waals surface area contributed by atoms with Gasteiger partial charge in [-0.25, -0.2) is 14.0 Å². The molecule has 0 spiro atoms. The van der Waals surface area contributed by atoms with E-state index >= 15 is 0 Å². The fraction of sp³-hybridized carbons (Fsp3) is 0.167. The molecule has 0 bridgehead atoms. The molecule has 11 nitrogen and oxygen atoms in total. The lowest BCUT2D eigenvalue weighted by atomic mass is 9.85. The van der Waals surface area contributed by atoms with Crippen LogP contribution in [0.1, 0.15) is 33.8 Å². The second-order valence-corrected chi connectivity index (χ2v) is 8.22. The molecule has 4 rings (SSSR count). The Morgan fingerprint density at radius 2 is 1.78 bits per heavy atom. The lowest BCUT2D eigenvalue weighted by Crippen LogP contribution is -2.40. The fourth-order valence-corrected chi connectivity index (χ4v) is 4.04. The first-order chi connectivity index (χ1) is 17.0. The molecular weight excluding hydrogens is 473 g/mol. The van der Waals surface area contributed by atoms with Crippen LogP contribution in [-0.4, -0.2) is 37.2 Å². The van der Waals surface area contributed by atoms with Crippen molar-refractivity contribution in [2.24, 2.45) is 12.8 Å². The van der Waals surface area contributed by atoms with Gasteiger partial charge in [-0.3, -0.25) is 23.9 Å². The average molecular weight is 493 g/mol. The molecule has 2 aromatic carbocycles. The van der Waals surface area contributed by atoms with E-state index in [1.807, 2.05) is 0 Å². The van der Waals surface area contributed by atoms with Crippen molar-refractivity contribution in [2.75, 3.05) is 4.90 Å². The minimum Gasteiger partial charge on any atom is -0.478 e. The lowest BCUT2D eigenvalue weighted by Gasteiger charge is -2.31. The minimum absolute atomic E-state index is 0.0346.